The van der Waals surface area contributed by atoms with Gasteiger partial charge in [0.1, 0.15) is 0 Å². The fraction of sp³-hybridized carbons (Fsp3) is 0.643. The van der Waals surface area contributed by atoms with Crippen molar-refractivity contribution in [3.05, 3.63) is 30.1 Å². The molecular weight excluding hydrogens is 228 g/mol. The summed E-state index contributed by atoms with van der Waals surface area (Å²) in [5, 5.41) is 3.32. The third-order valence-corrected chi connectivity index (χ3v) is 2.88. The van der Waals surface area contributed by atoms with Gasteiger partial charge >= 0.3 is 0 Å². The van der Waals surface area contributed by atoms with Gasteiger partial charge in [-0.2, -0.15) is 0 Å². The number of rotatable bonds is 9. The van der Waals surface area contributed by atoms with E-state index in [0.717, 1.165) is 32.7 Å². The molecule has 0 amide bonds. The highest BCUT2D eigenvalue weighted by atomic mass is 16.5. The fourth-order valence-electron chi connectivity index (χ4n) is 1.40. The molecule has 0 aliphatic rings. The summed E-state index contributed by atoms with van der Waals surface area (Å²) in [6.45, 7) is 7.27. The minimum Gasteiger partial charge on any atom is -0.380 e. The smallest absolute Gasteiger partial charge is 0.0644 e. The Morgan fingerprint density at radius 2 is 2.17 bits per heavy atom. The summed E-state index contributed by atoms with van der Waals surface area (Å²) in [6.07, 6.45) is 4.56. The fourth-order valence-corrected chi connectivity index (χ4v) is 1.40. The molecule has 102 valence electrons. The molecule has 0 fully saturated rings. The van der Waals surface area contributed by atoms with E-state index in [0.29, 0.717) is 0 Å². The zero-order valence-corrected chi connectivity index (χ0v) is 11.6. The van der Waals surface area contributed by atoms with Crippen molar-refractivity contribution in [1.29, 1.82) is 0 Å². The molecule has 4 heteroatoms. The van der Waals surface area contributed by atoms with Crippen LogP contribution in [0.25, 0.3) is 0 Å². The van der Waals surface area contributed by atoms with Crippen molar-refractivity contribution >= 4 is 0 Å². The standard InChI is InChI=1S/C14H24N2O2/c1-14(2,17-3)6-9-18-10-8-16-12-13-5-4-7-15-11-13/h4-5,7,11,16H,6,8-10,12H2,1-3H3. The Bertz CT molecular complexity index is 315. The summed E-state index contributed by atoms with van der Waals surface area (Å²) in [5.41, 5.74) is 1.10. The van der Waals surface area contributed by atoms with Gasteiger partial charge in [0.15, 0.2) is 0 Å². The van der Waals surface area contributed by atoms with Gasteiger partial charge in [-0.3, -0.25) is 4.98 Å². The van der Waals surface area contributed by atoms with Gasteiger partial charge in [-0.25, -0.2) is 0 Å². The molecule has 0 aliphatic heterocycles. The van der Waals surface area contributed by atoms with Gasteiger partial charge in [0, 0.05) is 39.2 Å². The average molecular weight is 252 g/mol. The Morgan fingerprint density at radius 1 is 1.33 bits per heavy atom. The second-order valence-corrected chi connectivity index (χ2v) is 4.86. The number of methoxy groups -OCH3 is 1. The number of nitrogens with one attached hydrogen (secondary N) is 1. The summed E-state index contributed by atoms with van der Waals surface area (Å²) in [5.74, 6) is 0. The van der Waals surface area contributed by atoms with E-state index in [4.69, 9.17) is 9.47 Å². The van der Waals surface area contributed by atoms with Crippen molar-refractivity contribution in [2.45, 2.75) is 32.4 Å². The normalized spacial score (nSPS) is 11.7. The lowest BCUT2D eigenvalue weighted by molar-refractivity contribution is -0.00936. The van der Waals surface area contributed by atoms with Crippen molar-refractivity contribution < 1.29 is 9.47 Å². The third kappa shape index (κ3) is 6.69. The summed E-state index contributed by atoms with van der Waals surface area (Å²) in [4.78, 5) is 4.06. The number of nitrogens with zero attached hydrogens (tertiary/aromatic N) is 1. The first-order chi connectivity index (χ1) is 8.64. The van der Waals surface area contributed by atoms with Crippen molar-refractivity contribution in [3.8, 4) is 0 Å². The first kappa shape index (κ1) is 15.1. The van der Waals surface area contributed by atoms with Gasteiger partial charge in [-0.1, -0.05) is 6.07 Å². The van der Waals surface area contributed by atoms with Crippen molar-refractivity contribution in [2.75, 3.05) is 26.9 Å². The lowest BCUT2D eigenvalue weighted by Crippen LogP contribution is -2.25. The number of hydrogen-bond acceptors (Lipinski definition) is 4. The minimum atomic E-state index is -0.0941. The second kappa shape index (κ2) is 8.19. The lowest BCUT2D eigenvalue weighted by Gasteiger charge is -2.22. The van der Waals surface area contributed by atoms with Crippen LogP contribution >= 0.6 is 0 Å². The second-order valence-electron chi connectivity index (χ2n) is 4.86. The van der Waals surface area contributed by atoms with Crippen molar-refractivity contribution in [1.82, 2.24) is 10.3 Å². The van der Waals surface area contributed by atoms with Crippen LogP contribution in [0.5, 0.6) is 0 Å². The van der Waals surface area contributed by atoms with Crippen molar-refractivity contribution in [3.63, 3.8) is 0 Å². The van der Waals surface area contributed by atoms with E-state index in [-0.39, 0.29) is 5.60 Å². The van der Waals surface area contributed by atoms with Gasteiger partial charge in [0.05, 0.1) is 12.2 Å². The molecule has 1 N–H and O–H groups in total. The summed E-state index contributed by atoms with van der Waals surface area (Å²) in [7, 11) is 1.73. The van der Waals surface area contributed by atoms with Crippen LogP contribution in [0.15, 0.2) is 24.5 Å². The first-order valence-corrected chi connectivity index (χ1v) is 6.36. The molecular formula is C14H24N2O2. The number of pyridine rings is 1. The largest absolute Gasteiger partial charge is 0.380 e. The monoisotopic (exact) mass is 252 g/mol. The van der Waals surface area contributed by atoms with Crippen LogP contribution in [0.2, 0.25) is 0 Å². The first-order valence-electron chi connectivity index (χ1n) is 6.36. The topological polar surface area (TPSA) is 43.4 Å². The Balaban J connectivity index is 1.96. The van der Waals surface area contributed by atoms with Gasteiger partial charge in [-0.05, 0) is 31.9 Å². The molecule has 0 aliphatic carbocycles. The zero-order chi connectivity index (χ0) is 13.3. The highest BCUT2D eigenvalue weighted by Gasteiger charge is 2.15. The van der Waals surface area contributed by atoms with E-state index < -0.39 is 0 Å². The highest BCUT2D eigenvalue weighted by Crippen LogP contribution is 2.12. The van der Waals surface area contributed by atoms with E-state index in [2.05, 4.69) is 30.2 Å². The van der Waals surface area contributed by atoms with E-state index >= 15 is 0 Å². The molecule has 0 aromatic carbocycles. The number of aromatic nitrogens is 1. The van der Waals surface area contributed by atoms with Gasteiger partial charge in [0.25, 0.3) is 0 Å². The molecule has 1 heterocycles. The van der Waals surface area contributed by atoms with Crippen LogP contribution < -0.4 is 5.32 Å². The van der Waals surface area contributed by atoms with E-state index in [9.17, 15) is 0 Å². The summed E-state index contributed by atoms with van der Waals surface area (Å²) < 4.78 is 10.9. The van der Waals surface area contributed by atoms with Crippen LogP contribution in [-0.2, 0) is 16.0 Å². The molecule has 0 radical (unpaired) electrons. The van der Waals surface area contributed by atoms with Crippen LogP contribution in [-0.4, -0.2) is 37.5 Å². The maximum atomic E-state index is 5.55. The average Bonchev–Trinajstić information content (AvgIpc) is 2.39. The SMILES string of the molecule is COC(C)(C)CCOCCNCc1cccnc1. The molecule has 0 atom stereocenters. The zero-order valence-electron chi connectivity index (χ0n) is 11.6. The van der Waals surface area contributed by atoms with E-state index in [1.807, 2.05) is 12.3 Å². The van der Waals surface area contributed by atoms with E-state index in [1.54, 1.807) is 13.3 Å². The van der Waals surface area contributed by atoms with Gasteiger partial charge in [0.2, 0.25) is 0 Å². The molecule has 0 bridgehead atoms. The third-order valence-electron chi connectivity index (χ3n) is 2.88. The van der Waals surface area contributed by atoms with E-state index in [1.165, 1.54) is 5.56 Å². The van der Waals surface area contributed by atoms with Gasteiger partial charge < -0.3 is 14.8 Å². The lowest BCUT2D eigenvalue weighted by atomic mass is 10.1. The van der Waals surface area contributed by atoms with Crippen molar-refractivity contribution in [2.24, 2.45) is 0 Å². The van der Waals surface area contributed by atoms with Crippen LogP contribution in [0.4, 0.5) is 0 Å². The molecule has 0 unspecified atom stereocenters. The Morgan fingerprint density at radius 3 is 2.83 bits per heavy atom. The predicted molar refractivity (Wildman–Crippen MR) is 72.5 cm³/mol. The summed E-state index contributed by atoms with van der Waals surface area (Å²) >= 11 is 0. The van der Waals surface area contributed by atoms with Gasteiger partial charge in [-0.15, -0.1) is 0 Å². The molecule has 4 nitrogen and oxygen atoms in total. The maximum absolute atomic E-state index is 5.55. The van der Waals surface area contributed by atoms with Crippen LogP contribution in [0.3, 0.4) is 0 Å². The number of hydrogen-bond donors (Lipinski definition) is 1. The molecule has 18 heavy (non-hydrogen) atoms. The quantitative estimate of drug-likeness (QED) is 0.683. The molecule has 0 saturated heterocycles. The molecule has 1 aromatic heterocycles. The minimum absolute atomic E-state index is 0.0941. The molecule has 0 saturated carbocycles. The molecule has 0 spiro atoms. The highest BCUT2D eigenvalue weighted by molar-refractivity contribution is 5.07. The molecule has 1 rings (SSSR count). The summed E-state index contributed by atoms with van der Waals surface area (Å²) in [6, 6.07) is 4.00. The Hall–Kier alpha value is -0.970. The maximum Gasteiger partial charge on any atom is 0.0644 e. The van der Waals surface area contributed by atoms with Crippen LogP contribution in [0.1, 0.15) is 25.8 Å². The Kier molecular flexibility index (Phi) is 6.86. The number of ether oxygens (including phenoxy) is 2. The predicted octanol–water partition coefficient (Wildman–Crippen LogP) is 2.00. The Labute approximate surface area is 110 Å². The molecule has 1 aromatic rings. The van der Waals surface area contributed by atoms with Crippen LogP contribution in [0, 0.1) is 0 Å².